The van der Waals surface area contributed by atoms with E-state index in [9.17, 15) is 14.4 Å². The number of esters is 3. The Hall–Kier alpha value is -3.15. The molecule has 0 radical (unpaired) electrons. The van der Waals surface area contributed by atoms with E-state index in [0.717, 1.165) is 103 Å². The van der Waals surface area contributed by atoms with Crippen molar-refractivity contribution in [2.45, 2.75) is 258 Å². The summed E-state index contributed by atoms with van der Waals surface area (Å²) < 4.78 is 16.8. The Morgan fingerprint density at radius 1 is 0.333 bits per heavy atom. The number of carbonyl (C=O) groups is 3. The molecule has 0 aliphatic rings. The third kappa shape index (κ3) is 49.7. The Balaban J connectivity index is 4.41. The molecule has 0 rings (SSSR count). The highest BCUT2D eigenvalue weighted by Gasteiger charge is 2.19. The maximum Gasteiger partial charge on any atom is 0.306 e. The molecule has 1 atom stereocenters. The van der Waals surface area contributed by atoms with Crippen LogP contribution in [0.5, 0.6) is 0 Å². The molecule has 0 bridgehead atoms. The monoisotopic (exact) mass is 879 g/mol. The summed E-state index contributed by atoms with van der Waals surface area (Å²) in [6, 6.07) is 0. The molecule has 362 valence electrons. The molecule has 0 N–H and O–H groups in total. The van der Waals surface area contributed by atoms with Crippen LogP contribution in [0.4, 0.5) is 0 Å². The first-order valence-corrected chi connectivity index (χ1v) is 26.4. The number of rotatable bonds is 47. The largest absolute Gasteiger partial charge is 0.462 e. The molecule has 0 saturated carbocycles. The van der Waals surface area contributed by atoms with Gasteiger partial charge in [-0.2, -0.15) is 0 Å². The summed E-state index contributed by atoms with van der Waals surface area (Å²) >= 11 is 0. The minimum absolute atomic E-state index is 0.0895. The van der Waals surface area contributed by atoms with E-state index in [1.807, 2.05) is 0 Å². The van der Waals surface area contributed by atoms with Gasteiger partial charge in [-0.15, -0.1) is 0 Å². The zero-order valence-electron chi connectivity index (χ0n) is 41.3. The minimum atomic E-state index is -0.790. The summed E-state index contributed by atoms with van der Waals surface area (Å²) in [5.74, 6) is -0.925. The van der Waals surface area contributed by atoms with Gasteiger partial charge in [0.05, 0.1) is 0 Å². The van der Waals surface area contributed by atoms with Gasteiger partial charge in [0.15, 0.2) is 6.10 Å². The van der Waals surface area contributed by atoms with Crippen molar-refractivity contribution in [1.29, 1.82) is 0 Å². The van der Waals surface area contributed by atoms with Gasteiger partial charge in [0.2, 0.25) is 0 Å². The van der Waals surface area contributed by atoms with Crippen LogP contribution in [0.2, 0.25) is 0 Å². The predicted octanol–water partition coefficient (Wildman–Crippen LogP) is 17.4. The maximum atomic E-state index is 12.8. The van der Waals surface area contributed by atoms with Crippen LogP contribution in [0.15, 0.2) is 72.9 Å². The van der Waals surface area contributed by atoms with Gasteiger partial charge in [-0.1, -0.05) is 203 Å². The molecule has 0 amide bonds. The lowest BCUT2D eigenvalue weighted by Crippen LogP contribution is -2.30. The molecule has 0 aromatic carbocycles. The standard InChI is InChI=1S/C57H98O6/c1-4-7-10-13-16-19-22-24-26-28-30-32-35-38-41-44-47-50-56(59)62-53-54(52-61-55(58)49-46-43-40-37-34-21-18-15-12-9-6-3)63-57(60)51-48-45-42-39-36-33-31-29-27-25-23-20-17-14-11-8-5-2/h7,10,15-16,18-19,24-27,30,32,54H,4-6,8-9,11-14,17,20-23,28-29,31,33-53H2,1-3H3/b10-7-,18-15-,19-16-,26-24-,27-25-,32-30-/t54-/m0/s1. The number of unbranched alkanes of at least 4 members (excludes halogenated alkanes) is 24. The molecule has 6 nitrogen and oxygen atoms in total. The van der Waals surface area contributed by atoms with Crippen molar-refractivity contribution in [3.63, 3.8) is 0 Å². The van der Waals surface area contributed by atoms with Crippen LogP contribution in [-0.2, 0) is 28.6 Å². The molecule has 0 aliphatic carbocycles. The van der Waals surface area contributed by atoms with Crippen LogP contribution in [0.1, 0.15) is 252 Å². The number of carbonyl (C=O) groups excluding carboxylic acids is 3. The normalized spacial score (nSPS) is 12.6. The Morgan fingerprint density at radius 3 is 1.03 bits per heavy atom. The lowest BCUT2D eigenvalue weighted by molar-refractivity contribution is -0.167. The highest BCUT2D eigenvalue weighted by molar-refractivity contribution is 5.71. The van der Waals surface area contributed by atoms with E-state index in [1.165, 1.54) is 109 Å². The van der Waals surface area contributed by atoms with Crippen molar-refractivity contribution >= 4 is 17.9 Å². The van der Waals surface area contributed by atoms with Gasteiger partial charge >= 0.3 is 17.9 Å². The van der Waals surface area contributed by atoms with Crippen LogP contribution >= 0.6 is 0 Å². The van der Waals surface area contributed by atoms with E-state index in [2.05, 4.69) is 93.7 Å². The molecule has 0 heterocycles. The summed E-state index contributed by atoms with van der Waals surface area (Å²) in [4.78, 5) is 38.0. The zero-order valence-corrected chi connectivity index (χ0v) is 41.3. The molecule has 0 fully saturated rings. The Labute approximate surface area is 389 Å². The van der Waals surface area contributed by atoms with Crippen LogP contribution in [-0.4, -0.2) is 37.2 Å². The molecular formula is C57H98O6. The smallest absolute Gasteiger partial charge is 0.306 e. The molecule has 0 aliphatic heterocycles. The fourth-order valence-corrected chi connectivity index (χ4v) is 7.17. The van der Waals surface area contributed by atoms with Crippen molar-refractivity contribution < 1.29 is 28.6 Å². The quantitative estimate of drug-likeness (QED) is 0.0262. The average Bonchev–Trinajstić information content (AvgIpc) is 3.28. The fourth-order valence-electron chi connectivity index (χ4n) is 7.17. The number of allylic oxidation sites excluding steroid dienone is 12. The zero-order chi connectivity index (χ0) is 45.8. The second-order valence-corrected chi connectivity index (χ2v) is 17.4. The van der Waals surface area contributed by atoms with Crippen LogP contribution in [0, 0.1) is 0 Å². The summed E-state index contributed by atoms with van der Waals surface area (Å²) in [5.41, 5.74) is 0. The molecule has 0 spiro atoms. The number of ether oxygens (including phenoxy) is 3. The van der Waals surface area contributed by atoms with E-state index in [4.69, 9.17) is 14.2 Å². The predicted molar refractivity (Wildman–Crippen MR) is 270 cm³/mol. The molecular weight excluding hydrogens is 781 g/mol. The first kappa shape index (κ1) is 59.9. The van der Waals surface area contributed by atoms with Crippen molar-refractivity contribution in [3.05, 3.63) is 72.9 Å². The van der Waals surface area contributed by atoms with E-state index >= 15 is 0 Å². The molecule has 0 aromatic rings. The Morgan fingerprint density at radius 2 is 0.635 bits per heavy atom. The third-order valence-corrected chi connectivity index (χ3v) is 11.2. The molecule has 0 saturated heterocycles. The average molecular weight is 879 g/mol. The summed E-state index contributed by atoms with van der Waals surface area (Å²) in [7, 11) is 0. The number of hydrogen-bond donors (Lipinski definition) is 0. The molecule has 63 heavy (non-hydrogen) atoms. The van der Waals surface area contributed by atoms with E-state index in [-0.39, 0.29) is 31.1 Å². The van der Waals surface area contributed by atoms with Crippen LogP contribution in [0.3, 0.4) is 0 Å². The van der Waals surface area contributed by atoms with Gasteiger partial charge in [-0.05, 0) is 103 Å². The van der Waals surface area contributed by atoms with Crippen molar-refractivity contribution in [1.82, 2.24) is 0 Å². The van der Waals surface area contributed by atoms with E-state index in [0.29, 0.717) is 19.3 Å². The second-order valence-electron chi connectivity index (χ2n) is 17.4. The van der Waals surface area contributed by atoms with Gasteiger partial charge in [0.1, 0.15) is 13.2 Å². The third-order valence-electron chi connectivity index (χ3n) is 11.2. The van der Waals surface area contributed by atoms with Gasteiger partial charge in [0.25, 0.3) is 0 Å². The Kier molecular flexibility index (Phi) is 48.9. The van der Waals surface area contributed by atoms with Crippen molar-refractivity contribution in [3.8, 4) is 0 Å². The SMILES string of the molecule is CC/C=C\C/C=C\C/C=C\C/C=C\CCCCCCC(=O)OC[C@H](COC(=O)CCCCCCC/C=C\CCCC)OC(=O)CCCCCCCCC/C=C\CCCCCCCC. The number of hydrogen-bond acceptors (Lipinski definition) is 6. The van der Waals surface area contributed by atoms with Gasteiger partial charge in [-0.25, -0.2) is 0 Å². The summed E-state index contributed by atoms with van der Waals surface area (Å²) in [5, 5.41) is 0. The lowest BCUT2D eigenvalue weighted by Gasteiger charge is -2.18. The molecule has 6 heteroatoms. The van der Waals surface area contributed by atoms with E-state index in [1.54, 1.807) is 0 Å². The maximum absolute atomic E-state index is 12.8. The highest BCUT2D eigenvalue weighted by atomic mass is 16.6. The Bertz CT molecular complexity index is 1190. The van der Waals surface area contributed by atoms with E-state index < -0.39 is 6.10 Å². The second kappa shape index (κ2) is 51.5. The first-order chi connectivity index (χ1) is 31.0. The van der Waals surface area contributed by atoms with Gasteiger partial charge < -0.3 is 14.2 Å². The van der Waals surface area contributed by atoms with Crippen molar-refractivity contribution in [2.75, 3.05) is 13.2 Å². The molecule has 0 unspecified atom stereocenters. The van der Waals surface area contributed by atoms with Crippen molar-refractivity contribution in [2.24, 2.45) is 0 Å². The lowest BCUT2D eigenvalue weighted by atomic mass is 10.1. The highest BCUT2D eigenvalue weighted by Crippen LogP contribution is 2.14. The summed E-state index contributed by atoms with van der Waals surface area (Å²) in [6.45, 7) is 6.45. The minimum Gasteiger partial charge on any atom is -0.462 e. The first-order valence-electron chi connectivity index (χ1n) is 26.4. The molecule has 0 aromatic heterocycles. The fraction of sp³-hybridized carbons (Fsp3) is 0.737. The summed E-state index contributed by atoms with van der Waals surface area (Å²) in [6.07, 6.45) is 64.6. The topological polar surface area (TPSA) is 78.9 Å². The van der Waals surface area contributed by atoms with Gasteiger partial charge in [-0.3, -0.25) is 14.4 Å². The van der Waals surface area contributed by atoms with Crippen LogP contribution in [0.25, 0.3) is 0 Å². The van der Waals surface area contributed by atoms with Crippen LogP contribution < -0.4 is 0 Å². The van der Waals surface area contributed by atoms with Gasteiger partial charge in [0, 0.05) is 19.3 Å².